The predicted molar refractivity (Wildman–Crippen MR) is 67.5 cm³/mol. The first-order valence-corrected chi connectivity index (χ1v) is 6.81. The Morgan fingerprint density at radius 1 is 1.44 bits per heavy atom. The smallest absolute Gasteiger partial charge is 0.0689 e. The maximum Gasteiger partial charge on any atom is 0.0689 e. The molecule has 0 bridgehead atoms. The van der Waals surface area contributed by atoms with Gasteiger partial charge in [-0.25, -0.2) is 0 Å². The summed E-state index contributed by atoms with van der Waals surface area (Å²) in [6.45, 7) is 6.37. The summed E-state index contributed by atoms with van der Waals surface area (Å²) in [5.41, 5.74) is 1.44. The minimum Gasteiger partial charge on any atom is -0.377 e. The first-order valence-electron chi connectivity index (χ1n) is 6.81. The lowest BCUT2D eigenvalue weighted by Gasteiger charge is -2.27. The van der Waals surface area contributed by atoms with Gasteiger partial charge >= 0.3 is 0 Å². The summed E-state index contributed by atoms with van der Waals surface area (Å²) in [7, 11) is 0. The van der Waals surface area contributed by atoms with Gasteiger partial charge in [-0.15, -0.1) is 0 Å². The van der Waals surface area contributed by atoms with E-state index < -0.39 is 0 Å². The van der Waals surface area contributed by atoms with Crippen LogP contribution < -0.4 is 5.32 Å². The molecular weight excluding hydrogens is 198 g/mol. The third kappa shape index (κ3) is 3.91. The molecule has 0 amide bonds. The van der Waals surface area contributed by atoms with Crippen molar-refractivity contribution in [2.24, 2.45) is 11.8 Å². The van der Waals surface area contributed by atoms with Crippen LogP contribution >= 0.6 is 0 Å². The molecule has 2 unspecified atom stereocenters. The van der Waals surface area contributed by atoms with Crippen molar-refractivity contribution in [1.82, 2.24) is 5.32 Å². The summed E-state index contributed by atoms with van der Waals surface area (Å²) in [4.78, 5) is 0. The highest BCUT2D eigenvalue weighted by Gasteiger charge is 2.18. The Kier molecular flexibility index (Phi) is 4.86. The molecule has 0 aromatic rings. The van der Waals surface area contributed by atoms with Crippen LogP contribution in [0.15, 0.2) is 11.6 Å². The molecule has 1 heterocycles. The van der Waals surface area contributed by atoms with Crippen LogP contribution in [0.2, 0.25) is 0 Å². The molecule has 2 atom stereocenters. The lowest BCUT2D eigenvalue weighted by atomic mass is 9.82. The average molecular weight is 223 g/mol. The molecule has 1 aliphatic carbocycles. The minimum absolute atomic E-state index is 0.841. The zero-order valence-electron chi connectivity index (χ0n) is 10.5. The highest BCUT2D eigenvalue weighted by molar-refractivity contribution is 5.06. The van der Waals surface area contributed by atoms with Gasteiger partial charge in [-0.2, -0.15) is 0 Å². The first-order chi connectivity index (χ1) is 7.84. The lowest BCUT2D eigenvalue weighted by molar-refractivity contribution is 0.148. The van der Waals surface area contributed by atoms with Gasteiger partial charge in [0.2, 0.25) is 0 Å². The molecule has 0 saturated heterocycles. The molecule has 92 valence electrons. The maximum absolute atomic E-state index is 5.43. The Labute approximate surface area is 99.4 Å². The molecule has 0 aromatic carbocycles. The van der Waals surface area contributed by atoms with E-state index >= 15 is 0 Å². The second-order valence-corrected chi connectivity index (χ2v) is 5.47. The second-order valence-electron chi connectivity index (χ2n) is 5.47. The molecule has 2 heteroatoms. The fourth-order valence-electron chi connectivity index (χ4n) is 2.91. The SMILES string of the molecule is CC1CCCC(CNCC2=CCCOC2)C1. The number of hydrogen-bond donors (Lipinski definition) is 1. The van der Waals surface area contributed by atoms with Crippen molar-refractivity contribution in [2.45, 2.75) is 39.0 Å². The molecule has 1 N–H and O–H groups in total. The largest absolute Gasteiger partial charge is 0.377 e. The van der Waals surface area contributed by atoms with Gasteiger partial charge in [-0.05, 0) is 43.2 Å². The molecule has 1 aliphatic heterocycles. The molecular formula is C14H25NO. The first kappa shape index (κ1) is 12.1. The van der Waals surface area contributed by atoms with Crippen LogP contribution in [0, 0.1) is 11.8 Å². The summed E-state index contributed by atoms with van der Waals surface area (Å²) < 4.78 is 5.43. The van der Waals surface area contributed by atoms with Crippen LogP contribution in [0.5, 0.6) is 0 Å². The number of ether oxygens (including phenoxy) is 1. The van der Waals surface area contributed by atoms with E-state index in [1.54, 1.807) is 0 Å². The zero-order valence-corrected chi connectivity index (χ0v) is 10.5. The molecule has 1 saturated carbocycles. The summed E-state index contributed by atoms with van der Waals surface area (Å²) >= 11 is 0. The second kappa shape index (κ2) is 6.41. The Hall–Kier alpha value is -0.340. The number of hydrogen-bond acceptors (Lipinski definition) is 2. The van der Waals surface area contributed by atoms with Gasteiger partial charge in [0.25, 0.3) is 0 Å². The van der Waals surface area contributed by atoms with Crippen molar-refractivity contribution < 1.29 is 4.74 Å². The Morgan fingerprint density at radius 3 is 3.12 bits per heavy atom. The van der Waals surface area contributed by atoms with E-state index in [4.69, 9.17) is 4.74 Å². The summed E-state index contributed by atoms with van der Waals surface area (Å²) in [6, 6.07) is 0. The Morgan fingerprint density at radius 2 is 2.38 bits per heavy atom. The van der Waals surface area contributed by atoms with E-state index in [9.17, 15) is 0 Å². The fourth-order valence-corrected chi connectivity index (χ4v) is 2.91. The third-order valence-electron chi connectivity index (χ3n) is 3.81. The summed E-state index contributed by atoms with van der Waals surface area (Å²) in [5, 5.41) is 3.60. The van der Waals surface area contributed by atoms with Gasteiger partial charge < -0.3 is 10.1 Å². The van der Waals surface area contributed by atoms with Crippen molar-refractivity contribution in [2.75, 3.05) is 26.3 Å². The number of nitrogens with one attached hydrogen (secondary N) is 1. The molecule has 1 fully saturated rings. The van der Waals surface area contributed by atoms with Gasteiger partial charge in [0.1, 0.15) is 0 Å². The number of rotatable bonds is 4. The van der Waals surface area contributed by atoms with E-state index in [0.717, 1.165) is 38.0 Å². The molecule has 2 nitrogen and oxygen atoms in total. The van der Waals surface area contributed by atoms with Crippen molar-refractivity contribution in [3.8, 4) is 0 Å². The quantitative estimate of drug-likeness (QED) is 0.740. The molecule has 16 heavy (non-hydrogen) atoms. The average Bonchev–Trinajstić information content (AvgIpc) is 2.30. The molecule has 0 radical (unpaired) electrons. The molecule has 2 rings (SSSR count). The molecule has 0 spiro atoms. The molecule has 0 aromatic heterocycles. The van der Waals surface area contributed by atoms with Gasteiger partial charge in [0, 0.05) is 6.54 Å². The van der Waals surface area contributed by atoms with E-state index in [-0.39, 0.29) is 0 Å². The maximum atomic E-state index is 5.43. The van der Waals surface area contributed by atoms with Crippen molar-refractivity contribution in [3.05, 3.63) is 11.6 Å². The third-order valence-corrected chi connectivity index (χ3v) is 3.81. The van der Waals surface area contributed by atoms with Gasteiger partial charge in [-0.3, -0.25) is 0 Å². The lowest BCUT2D eigenvalue weighted by Crippen LogP contribution is -2.29. The molecule has 2 aliphatic rings. The van der Waals surface area contributed by atoms with Crippen LogP contribution in [0.4, 0.5) is 0 Å². The standard InChI is InChI=1S/C14H25NO/c1-12-4-2-5-13(8-12)9-15-10-14-6-3-7-16-11-14/h6,12-13,15H,2-5,7-11H2,1H3. The highest BCUT2D eigenvalue weighted by atomic mass is 16.5. The normalized spacial score (nSPS) is 31.2. The van der Waals surface area contributed by atoms with Crippen LogP contribution in [0.3, 0.4) is 0 Å². The van der Waals surface area contributed by atoms with Gasteiger partial charge in [0.15, 0.2) is 0 Å². The van der Waals surface area contributed by atoms with Gasteiger partial charge in [-0.1, -0.05) is 25.8 Å². The minimum atomic E-state index is 0.841. The van der Waals surface area contributed by atoms with Crippen LogP contribution in [-0.4, -0.2) is 26.3 Å². The van der Waals surface area contributed by atoms with Crippen molar-refractivity contribution in [1.29, 1.82) is 0 Å². The van der Waals surface area contributed by atoms with Gasteiger partial charge in [0.05, 0.1) is 13.2 Å². The van der Waals surface area contributed by atoms with Crippen molar-refractivity contribution in [3.63, 3.8) is 0 Å². The van der Waals surface area contributed by atoms with E-state index in [1.165, 1.54) is 37.8 Å². The fraction of sp³-hybridized carbons (Fsp3) is 0.857. The monoisotopic (exact) mass is 223 g/mol. The predicted octanol–water partition coefficient (Wildman–Crippen LogP) is 2.75. The topological polar surface area (TPSA) is 21.3 Å². The Balaban J connectivity index is 1.61. The summed E-state index contributed by atoms with van der Waals surface area (Å²) in [5.74, 6) is 1.85. The Bertz CT molecular complexity index is 237. The highest BCUT2D eigenvalue weighted by Crippen LogP contribution is 2.27. The van der Waals surface area contributed by atoms with Crippen LogP contribution in [0.25, 0.3) is 0 Å². The van der Waals surface area contributed by atoms with Crippen molar-refractivity contribution >= 4 is 0 Å². The van der Waals surface area contributed by atoms with E-state index in [0.29, 0.717) is 0 Å². The van der Waals surface area contributed by atoms with E-state index in [2.05, 4.69) is 18.3 Å². The van der Waals surface area contributed by atoms with Crippen LogP contribution in [-0.2, 0) is 4.74 Å². The van der Waals surface area contributed by atoms with E-state index in [1.807, 2.05) is 0 Å². The summed E-state index contributed by atoms with van der Waals surface area (Å²) in [6.07, 6.45) is 9.14. The zero-order chi connectivity index (χ0) is 11.2. The van der Waals surface area contributed by atoms with Crippen LogP contribution in [0.1, 0.15) is 39.0 Å².